The summed E-state index contributed by atoms with van der Waals surface area (Å²) in [6.45, 7) is 1.11. The molecular formula is C19H17F2N5O3. The standard InChI is InChI=1S/C19H17F2N5O3/c20-19(21)28-14-5-4-13(11-15(14)29-19)22-18(27)25-9-6-12(7-10-25)17-24-23-16-3-1-2-8-26(16)17/h1-5,8,11-12H,6-7,9-10H2,(H,22,27). The Kier molecular flexibility index (Phi) is 4.00. The third-order valence-corrected chi connectivity index (χ3v) is 5.14. The fraction of sp³-hybridized carbons (Fsp3) is 0.316. The molecule has 29 heavy (non-hydrogen) atoms. The minimum absolute atomic E-state index is 0.0608. The van der Waals surface area contributed by atoms with Crippen LogP contribution in [0.4, 0.5) is 19.3 Å². The Balaban J connectivity index is 1.22. The van der Waals surface area contributed by atoms with Crippen molar-refractivity contribution >= 4 is 17.4 Å². The van der Waals surface area contributed by atoms with Crippen LogP contribution in [0.5, 0.6) is 11.5 Å². The van der Waals surface area contributed by atoms with Crippen LogP contribution in [0.2, 0.25) is 0 Å². The van der Waals surface area contributed by atoms with E-state index in [-0.39, 0.29) is 23.4 Å². The number of ether oxygens (including phenoxy) is 2. The molecule has 4 heterocycles. The first-order valence-corrected chi connectivity index (χ1v) is 9.24. The van der Waals surface area contributed by atoms with E-state index < -0.39 is 6.29 Å². The number of nitrogens with zero attached hydrogens (tertiary/aromatic N) is 4. The first-order chi connectivity index (χ1) is 14.0. The van der Waals surface area contributed by atoms with Crippen molar-refractivity contribution < 1.29 is 23.0 Å². The van der Waals surface area contributed by atoms with Crippen molar-refractivity contribution in [2.45, 2.75) is 25.1 Å². The number of likely N-dealkylation sites (tertiary alicyclic amines) is 1. The number of piperidine rings is 1. The molecule has 10 heteroatoms. The number of carbonyl (C=O) groups is 1. The van der Waals surface area contributed by atoms with Gasteiger partial charge >= 0.3 is 12.3 Å². The highest BCUT2D eigenvalue weighted by molar-refractivity contribution is 5.89. The number of aromatic nitrogens is 3. The number of urea groups is 1. The largest absolute Gasteiger partial charge is 0.586 e. The zero-order valence-electron chi connectivity index (χ0n) is 15.2. The van der Waals surface area contributed by atoms with E-state index in [9.17, 15) is 13.6 Å². The highest BCUT2D eigenvalue weighted by Crippen LogP contribution is 2.42. The molecule has 150 valence electrons. The predicted octanol–water partition coefficient (Wildman–Crippen LogP) is 3.46. The Morgan fingerprint density at radius 1 is 1.10 bits per heavy atom. The van der Waals surface area contributed by atoms with E-state index in [1.807, 2.05) is 28.8 Å². The van der Waals surface area contributed by atoms with Crippen LogP contribution in [0.3, 0.4) is 0 Å². The maximum absolute atomic E-state index is 13.1. The molecule has 0 spiro atoms. The molecule has 1 aromatic carbocycles. The maximum Gasteiger partial charge on any atom is 0.586 e. The average Bonchev–Trinajstić information content (AvgIpc) is 3.27. The Bertz CT molecular complexity index is 1080. The molecule has 1 fully saturated rings. The second-order valence-corrected chi connectivity index (χ2v) is 7.01. The summed E-state index contributed by atoms with van der Waals surface area (Å²) in [6.07, 6.45) is -0.224. The van der Waals surface area contributed by atoms with E-state index in [2.05, 4.69) is 25.0 Å². The van der Waals surface area contributed by atoms with E-state index in [1.165, 1.54) is 18.2 Å². The van der Waals surface area contributed by atoms with Crippen LogP contribution in [0.15, 0.2) is 42.6 Å². The molecule has 1 saturated heterocycles. The van der Waals surface area contributed by atoms with Crippen molar-refractivity contribution in [3.63, 3.8) is 0 Å². The highest BCUT2D eigenvalue weighted by atomic mass is 19.3. The zero-order valence-corrected chi connectivity index (χ0v) is 15.2. The third kappa shape index (κ3) is 3.30. The number of amides is 2. The van der Waals surface area contributed by atoms with Gasteiger partial charge < -0.3 is 19.7 Å². The van der Waals surface area contributed by atoms with Crippen molar-refractivity contribution in [2.24, 2.45) is 0 Å². The number of alkyl halides is 2. The van der Waals surface area contributed by atoms with E-state index in [1.54, 1.807) is 4.90 Å². The molecule has 2 aromatic heterocycles. The minimum atomic E-state index is -3.68. The summed E-state index contributed by atoms with van der Waals surface area (Å²) in [6, 6.07) is 9.62. The van der Waals surface area contributed by atoms with Gasteiger partial charge in [-0.05, 0) is 37.1 Å². The predicted molar refractivity (Wildman–Crippen MR) is 98.2 cm³/mol. The number of halogens is 2. The fourth-order valence-corrected chi connectivity index (χ4v) is 3.71. The Labute approximate surface area is 164 Å². The van der Waals surface area contributed by atoms with Crippen LogP contribution in [-0.2, 0) is 0 Å². The molecule has 0 saturated carbocycles. The summed E-state index contributed by atoms with van der Waals surface area (Å²) in [5.74, 6) is 0.945. The molecule has 0 bridgehead atoms. The van der Waals surface area contributed by atoms with Crippen LogP contribution in [-0.4, -0.2) is 44.9 Å². The normalized spacial score (nSPS) is 18.2. The zero-order chi connectivity index (χ0) is 20.0. The summed E-state index contributed by atoms with van der Waals surface area (Å²) in [5.41, 5.74) is 1.16. The molecule has 1 N–H and O–H groups in total. The van der Waals surface area contributed by atoms with Gasteiger partial charge in [0, 0.05) is 37.0 Å². The average molecular weight is 401 g/mol. The molecule has 0 radical (unpaired) electrons. The lowest BCUT2D eigenvalue weighted by Gasteiger charge is -2.31. The van der Waals surface area contributed by atoms with Crippen molar-refractivity contribution in [3.8, 4) is 11.5 Å². The van der Waals surface area contributed by atoms with Gasteiger partial charge in [0.2, 0.25) is 0 Å². The molecular weight excluding hydrogens is 384 g/mol. The van der Waals surface area contributed by atoms with Crippen molar-refractivity contribution in [3.05, 3.63) is 48.4 Å². The molecule has 2 amide bonds. The van der Waals surface area contributed by atoms with Gasteiger partial charge in [0.05, 0.1) is 0 Å². The number of benzene rings is 1. The molecule has 2 aliphatic rings. The van der Waals surface area contributed by atoms with Gasteiger partial charge in [0.25, 0.3) is 0 Å². The van der Waals surface area contributed by atoms with E-state index in [0.717, 1.165) is 24.3 Å². The summed E-state index contributed by atoms with van der Waals surface area (Å²) in [4.78, 5) is 14.3. The minimum Gasteiger partial charge on any atom is -0.395 e. The van der Waals surface area contributed by atoms with Gasteiger partial charge in [-0.25, -0.2) is 4.79 Å². The SMILES string of the molecule is O=C(Nc1ccc2c(c1)OC(F)(F)O2)N1CCC(c2nnc3ccccn23)CC1. The van der Waals surface area contributed by atoms with Gasteiger partial charge in [0.1, 0.15) is 5.82 Å². The monoisotopic (exact) mass is 401 g/mol. The smallest absolute Gasteiger partial charge is 0.395 e. The van der Waals surface area contributed by atoms with Gasteiger partial charge in [-0.1, -0.05) is 6.07 Å². The third-order valence-electron chi connectivity index (χ3n) is 5.14. The van der Waals surface area contributed by atoms with Crippen molar-refractivity contribution in [1.82, 2.24) is 19.5 Å². The molecule has 5 rings (SSSR count). The van der Waals surface area contributed by atoms with E-state index >= 15 is 0 Å². The highest BCUT2D eigenvalue weighted by Gasteiger charge is 2.43. The quantitative estimate of drug-likeness (QED) is 0.711. The van der Waals surface area contributed by atoms with Crippen LogP contribution in [0.25, 0.3) is 5.65 Å². The Hall–Kier alpha value is -3.43. The Morgan fingerprint density at radius 2 is 1.90 bits per heavy atom. The first kappa shape index (κ1) is 17.7. The molecule has 8 nitrogen and oxygen atoms in total. The fourth-order valence-electron chi connectivity index (χ4n) is 3.71. The van der Waals surface area contributed by atoms with Crippen LogP contribution in [0.1, 0.15) is 24.6 Å². The number of anilines is 1. The lowest BCUT2D eigenvalue weighted by molar-refractivity contribution is -0.286. The van der Waals surface area contributed by atoms with E-state index in [4.69, 9.17) is 0 Å². The lowest BCUT2D eigenvalue weighted by atomic mass is 9.96. The number of carbonyl (C=O) groups excluding carboxylic acids is 1. The summed E-state index contributed by atoms with van der Waals surface area (Å²) >= 11 is 0. The summed E-state index contributed by atoms with van der Waals surface area (Å²) in [7, 11) is 0. The Morgan fingerprint density at radius 3 is 2.72 bits per heavy atom. The number of rotatable bonds is 2. The molecule has 0 unspecified atom stereocenters. The second-order valence-electron chi connectivity index (χ2n) is 7.01. The van der Waals surface area contributed by atoms with Gasteiger partial charge in [-0.3, -0.25) is 4.40 Å². The number of hydrogen-bond donors (Lipinski definition) is 1. The molecule has 0 aliphatic carbocycles. The van der Waals surface area contributed by atoms with E-state index in [0.29, 0.717) is 18.8 Å². The number of hydrogen-bond acceptors (Lipinski definition) is 5. The first-order valence-electron chi connectivity index (χ1n) is 9.24. The van der Waals surface area contributed by atoms with Crippen LogP contribution < -0.4 is 14.8 Å². The van der Waals surface area contributed by atoms with Crippen molar-refractivity contribution in [1.29, 1.82) is 0 Å². The number of pyridine rings is 1. The van der Waals surface area contributed by atoms with Gasteiger partial charge in [-0.15, -0.1) is 19.0 Å². The molecule has 3 aromatic rings. The number of fused-ring (bicyclic) bond motifs is 2. The summed E-state index contributed by atoms with van der Waals surface area (Å²) in [5, 5.41) is 11.2. The van der Waals surface area contributed by atoms with Gasteiger partial charge in [0.15, 0.2) is 17.1 Å². The number of nitrogens with one attached hydrogen (secondary N) is 1. The summed E-state index contributed by atoms with van der Waals surface area (Å²) < 4.78 is 37.0. The molecule has 2 aliphatic heterocycles. The van der Waals surface area contributed by atoms with Crippen LogP contribution >= 0.6 is 0 Å². The van der Waals surface area contributed by atoms with Crippen molar-refractivity contribution in [2.75, 3.05) is 18.4 Å². The lowest BCUT2D eigenvalue weighted by Crippen LogP contribution is -2.40. The topological polar surface area (TPSA) is 81.0 Å². The molecule has 0 atom stereocenters. The van der Waals surface area contributed by atoms with Crippen LogP contribution in [0, 0.1) is 0 Å². The second kappa shape index (κ2) is 6.57. The maximum atomic E-state index is 13.1. The van der Waals surface area contributed by atoms with Gasteiger partial charge in [-0.2, -0.15) is 0 Å².